The molecule has 4 heavy (non-hydrogen) atoms. The number of rotatable bonds is 0. The summed E-state index contributed by atoms with van der Waals surface area (Å²) in [6.45, 7) is 0. The van der Waals surface area contributed by atoms with Gasteiger partial charge in [0.05, 0.1) is 0 Å². The summed E-state index contributed by atoms with van der Waals surface area (Å²) in [4.78, 5) is 0. The summed E-state index contributed by atoms with van der Waals surface area (Å²) in [7, 11) is 0. The van der Waals surface area contributed by atoms with E-state index >= 15 is 0 Å². The summed E-state index contributed by atoms with van der Waals surface area (Å²) < 4.78 is 7.94. The molecule has 0 N–H and O–H groups in total. The van der Waals surface area contributed by atoms with Crippen molar-refractivity contribution in [1.82, 2.24) is 0 Å². The third-order valence-corrected chi connectivity index (χ3v) is 0. The molecule has 0 aromatic carbocycles. The Kier molecular flexibility index (Phi) is 75.1. The van der Waals surface area contributed by atoms with Gasteiger partial charge in [-0.3, -0.25) is 0 Å². The molecule has 0 aliphatic carbocycles. The Morgan fingerprint density at radius 3 is 1.25 bits per heavy atom. The van der Waals surface area contributed by atoms with Crippen molar-refractivity contribution in [2.75, 3.05) is 0 Å². The molecule has 0 amide bonds. The molecule has 0 aromatic heterocycles. The molecule has 0 rings (SSSR count). The van der Waals surface area contributed by atoms with Gasteiger partial charge in [0.15, 0.2) is 0 Å². The van der Waals surface area contributed by atoms with Gasteiger partial charge in [-0.1, -0.05) is 0 Å². The van der Waals surface area contributed by atoms with E-state index in [0.29, 0.717) is 0 Å². The van der Waals surface area contributed by atoms with Crippen molar-refractivity contribution in [2.24, 2.45) is 0 Å². The van der Waals surface area contributed by atoms with E-state index in [1.165, 1.54) is 0 Å². The maximum absolute atomic E-state index is 7.94. The van der Waals surface area contributed by atoms with Crippen LogP contribution in [-0.4, -0.2) is 45.5 Å². The molecule has 27 valence electrons. The summed E-state index contributed by atoms with van der Waals surface area (Å²) in [5.74, 6) is 0. The van der Waals surface area contributed by atoms with Crippen molar-refractivity contribution in [3.05, 3.63) is 0 Å². The van der Waals surface area contributed by atoms with Gasteiger partial charge in [-0.05, 0) is 0 Å². The van der Waals surface area contributed by atoms with Crippen molar-refractivity contribution in [3.63, 3.8) is 0 Å². The SMILES string of the molecule is [Fe].[O]=[Co].[SrH2]. The van der Waals surface area contributed by atoms with Crippen molar-refractivity contribution in [3.8, 4) is 0 Å². The van der Waals surface area contributed by atoms with Gasteiger partial charge >= 0.3 is 65.0 Å². The Balaban J connectivity index is -0.00000000500. The third kappa shape index (κ3) is 8.85. The summed E-state index contributed by atoms with van der Waals surface area (Å²) in [5, 5.41) is 0. The average molecular weight is 220 g/mol. The molecule has 0 aliphatic rings. The molecule has 0 radical (unpaired) electrons. The van der Waals surface area contributed by atoms with Crippen molar-refractivity contribution in [1.29, 1.82) is 0 Å². The monoisotopic (exact) mass is 221 g/mol. The van der Waals surface area contributed by atoms with Crippen LogP contribution in [0.1, 0.15) is 0 Å². The topological polar surface area (TPSA) is 17.1 Å². The second-order valence-electron chi connectivity index (χ2n) is 0. The molecule has 0 saturated heterocycles. The summed E-state index contributed by atoms with van der Waals surface area (Å²) >= 11 is 2.31. The van der Waals surface area contributed by atoms with Crippen molar-refractivity contribution < 1.29 is 36.6 Å². The van der Waals surface area contributed by atoms with Gasteiger partial charge in [0.1, 0.15) is 0 Å². The van der Waals surface area contributed by atoms with Gasteiger partial charge in [0.25, 0.3) is 0 Å². The molecule has 0 spiro atoms. The molecule has 0 aliphatic heterocycles. The zero-order chi connectivity index (χ0) is 2.00. The Morgan fingerprint density at radius 1 is 1.25 bits per heavy atom. The second-order valence-corrected chi connectivity index (χ2v) is 0. The molecule has 0 atom stereocenters. The molecule has 0 unspecified atom stereocenters. The van der Waals surface area contributed by atoms with Gasteiger partial charge in [0, 0.05) is 17.1 Å². The zero-order valence-corrected chi connectivity index (χ0v) is 3.24. The molecule has 4 heteroatoms. The summed E-state index contributed by atoms with van der Waals surface area (Å²) in [6, 6.07) is 0. The Bertz CT molecular complexity index is 8.00. The first kappa shape index (κ1) is 16.2. The number of hydrogen-bond acceptors (Lipinski definition) is 1. The van der Waals surface area contributed by atoms with Crippen LogP contribution >= 0.6 is 0 Å². The first-order valence-electron chi connectivity index (χ1n) is 0.136. The Morgan fingerprint density at radius 2 is 1.25 bits per heavy atom. The van der Waals surface area contributed by atoms with Gasteiger partial charge in [-0.15, -0.1) is 0 Å². The van der Waals surface area contributed by atoms with Crippen LogP contribution < -0.4 is 0 Å². The van der Waals surface area contributed by atoms with Crippen LogP contribution in [0.5, 0.6) is 0 Å². The van der Waals surface area contributed by atoms with E-state index in [1.807, 2.05) is 0 Å². The van der Waals surface area contributed by atoms with Crippen LogP contribution in [-0.2, 0) is 36.6 Å². The van der Waals surface area contributed by atoms with E-state index in [1.54, 1.807) is 0 Å². The quantitative estimate of drug-likeness (QED) is 0.477. The van der Waals surface area contributed by atoms with Crippen LogP contribution in [0.15, 0.2) is 0 Å². The predicted molar refractivity (Wildman–Crippen MR) is 9.23 cm³/mol. The molecule has 1 nitrogen and oxygen atoms in total. The fourth-order valence-electron chi connectivity index (χ4n) is 0. The first-order chi connectivity index (χ1) is 1.00. The van der Waals surface area contributed by atoms with E-state index in [0.717, 1.165) is 0 Å². The Hall–Kier alpha value is 2.31. The molecule has 0 aromatic rings. The van der Waals surface area contributed by atoms with E-state index < -0.39 is 0 Å². The van der Waals surface area contributed by atoms with E-state index in [2.05, 4.69) is 15.7 Å². The van der Waals surface area contributed by atoms with E-state index in [9.17, 15) is 0 Å². The standard InChI is InChI=1S/Co.Fe.O.Sr.2H. The van der Waals surface area contributed by atoms with Crippen molar-refractivity contribution >= 4 is 45.5 Å². The predicted octanol–water partition coefficient (Wildman–Crippen LogP) is -1.04. The fraction of sp³-hybridized carbons (Fsp3) is 0. The summed E-state index contributed by atoms with van der Waals surface area (Å²) in [6.07, 6.45) is 0. The van der Waals surface area contributed by atoms with Gasteiger partial charge in [0.2, 0.25) is 0 Å². The van der Waals surface area contributed by atoms with Crippen LogP contribution in [0.4, 0.5) is 0 Å². The minimum absolute atomic E-state index is 0. The Labute approximate surface area is 80.4 Å². The normalized spacial score (nSPS) is 1.25. The zero-order valence-electron chi connectivity index (χ0n) is 1.10. The first-order valence-corrected chi connectivity index (χ1v) is 0.561. The van der Waals surface area contributed by atoms with Gasteiger partial charge in [-0.25, -0.2) is 0 Å². The number of hydrogen-bond donors (Lipinski definition) is 0. The van der Waals surface area contributed by atoms with Crippen molar-refractivity contribution in [2.45, 2.75) is 0 Å². The van der Waals surface area contributed by atoms with Crippen LogP contribution in [0, 0.1) is 0 Å². The molecular formula is H2CoFeOSr. The van der Waals surface area contributed by atoms with E-state index in [-0.39, 0.29) is 62.6 Å². The molecule has 0 fully saturated rings. The molecule has 0 bridgehead atoms. The van der Waals surface area contributed by atoms with Gasteiger partial charge in [-0.2, -0.15) is 0 Å². The summed E-state index contributed by atoms with van der Waals surface area (Å²) in [5.41, 5.74) is 0. The van der Waals surface area contributed by atoms with Crippen LogP contribution in [0.3, 0.4) is 0 Å². The molecule has 0 heterocycles. The fourth-order valence-corrected chi connectivity index (χ4v) is 0. The second kappa shape index (κ2) is 18.5. The molecular weight excluding hydrogens is 218 g/mol. The average Bonchev–Trinajstić information content (AvgIpc) is 1.00. The van der Waals surface area contributed by atoms with Gasteiger partial charge < -0.3 is 0 Å². The minimum atomic E-state index is 0. The third-order valence-electron chi connectivity index (χ3n) is 0. The molecule has 0 saturated carbocycles. The van der Waals surface area contributed by atoms with E-state index in [4.69, 9.17) is 3.87 Å². The van der Waals surface area contributed by atoms with Crippen LogP contribution in [0.25, 0.3) is 0 Å². The van der Waals surface area contributed by atoms with Crippen LogP contribution in [0.2, 0.25) is 0 Å². The maximum atomic E-state index is 7.94.